The second-order valence-corrected chi connectivity index (χ2v) is 5.11. The van der Waals surface area contributed by atoms with Crippen LogP contribution in [-0.2, 0) is 19.1 Å². The second kappa shape index (κ2) is 6.91. The number of hydrogen-bond donors (Lipinski definition) is 1. The Morgan fingerprint density at radius 3 is 2.48 bits per heavy atom. The summed E-state index contributed by atoms with van der Waals surface area (Å²) in [5, 5.41) is 2.59. The van der Waals surface area contributed by atoms with Crippen molar-refractivity contribution in [1.82, 2.24) is 9.80 Å². The van der Waals surface area contributed by atoms with Gasteiger partial charge in [-0.25, -0.2) is 4.79 Å². The number of rotatable bonds is 5. The van der Waals surface area contributed by atoms with Crippen LogP contribution in [0.5, 0.6) is 0 Å². The first-order valence-electron chi connectivity index (χ1n) is 6.99. The number of anilines is 1. The highest BCUT2D eigenvalue weighted by molar-refractivity contribution is 6.04. The molecule has 1 saturated heterocycles. The molecule has 1 aromatic rings. The molecule has 1 heterocycles. The van der Waals surface area contributed by atoms with Gasteiger partial charge in [0.05, 0.1) is 0 Å². The minimum absolute atomic E-state index is 0.0733. The molecule has 0 aromatic heterocycles. The van der Waals surface area contributed by atoms with E-state index in [4.69, 9.17) is 4.74 Å². The van der Waals surface area contributed by atoms with Crippen molar-refractivity contribution >= 4 is 29.5 Å². The maximum absolute atomic E-state index is 11.9. The van der Waals surface area contributed by atoms with Gasteiger partial charge in [0.25, 0.3) is 11.8 Å². The average Bonchev–Trinajstić information content (AvgIpc) is 2.74. The summed E-state index contributed by atoms with van der Waals surface area (Å²) >= 11 is 0. The fourth-order valence-electron chi connectivity index (χ4n) is 2.01. The highest BCUT2D eigenvalue weighted by Gasteiger charge is 2.35. The number of carbonyl (C=O) groups excluding carboxylic acids is 4. The topological polar surface area (TPSA) is 96.0 Å². The summed E-state index contributed by atoms with van der Waals surface area (Å²) in [6.45, 7) is 0.830. The molecule has 23 heavy (non-hydrogen) atoms. The van der Waals surface area contributed by atoms with Crippen molar-refractivity contribution in [2.45, 2.75) is 13.0 Å². The summed E-state index contributed by atoms with van der Waals surface area (Å²) in [6, 6.07) is 8.16. The summed E-state index contributed by atoms with van der Waals surface area (Å²) < 4.78 is 4.96. The number of amides is 4. The highest BCUT2D eigenvalue weighted by Crippen LogP contribution is 2.09. The summed E-state index contributed by atoms with van der Waals surface area (Å²) in [7, 11) is 1.46. The molecule has 0 spiro atoms. The fraction of sp³-hybridized carbons (Fsp3) is 0.333. The lowest BCUT2D eigenvalue weighted by Gasteiger charge is -2.16. The zero-order chi connectivity index (χ0) is 17.0. The standard InChI is InChI=1S/C15H17N3O5/c1-10(14(21)16-11-6-4-3-5-7-11)23-13(20)9-18-12(19)8-17(2)15(18)22/h3-7,10H,8-9H2,1-2H3,(H,16,21)/t10-/m0/s1. The number of hydrogen-bond acceptors (Lipinski definition) is 5. The second-order valence-electron chi connectivity index (χ2n) is 5.11. The normalized spacial score (nSPS) is 15.6. The molecule has 1 fully saturated rings. The molecule has 1 aromatic carbocycles. The number of para-hydroxylation sites is 1. The van der Waals surface area contributed by atoms with E-state index in [1.54, 1.807) is 30.3 Å². The zero-order valence-electron chi connectivity index (χ0n) is 12.8. The van der Waals surface area contributed by atoms with E-state index in [-0.39, 0.29) is 6.54 Å². The van der Waals surface area contributed by atoms with Gasteiger partial charge in [0.1, 0.15) is 13.1 Å². The number of likely N-dealkylation sites (N-methyl/N-ethyl adjacent to an activating group) is 1. The summed E-state index contributed by atoms with van der Waals surface area (Å²) in [6.07, 6.45) is -1.05. The molecule has 1 aliphatic heterocycles. The number of carbonyl (C=O) groups is 4. The number of imide groups is 1. The SMILES string of the molecule is C[C@H](OC(=O)CN1C(=O)CN(C)C1=O)C(=O)Nc1ccccc1. The third-order valence-corrected chi connectivity index (χ3v) is 3.24. The van der Waals surface area contributed by atoms with Gasteiger partial charge in [-0.3, -0.25) is 19.3 Å². The van der Waals surface area contributed by atoms with Gasteiger partial charge in [-0.2, -0.15) is 0 Å². The predicted molar refractivity (Wildman–Crippen MR) is 80.4 cm³/mol. The van der Waals surface area contributed by atoms with Crippen molar-refractivity contribution in [3.05, 3.63) is 30.3 Å². The molecule has 2 rings (SSSR count). The van der Waals surface area contributed by atoms with Crippen LogP contribution >= 0.6 is 0 Å². The van der Waals surface area contributed by atoms with Gasteiger partial charge in [-0.05, 0) is 19.1 Å². The molecule has 122 valence electrons. The molecule has 8 nitrogen and oxygen atoms in total. The Hall–Kier alpha value is -2.90. The number of esters is 1. The first kappa shape index (κ1) is 16.5. The summed E-state index contributed by atoms with van der Waals surface area (Å²) in [5.74, 6) is -1.80. The van der Waals surface area contributed by atoms with Crippen LogP contribution in [0.25, 0.3) is 0 Å². The van der Waals surface area contributed by atoms with E-state index in [1.807, 2.05) is 0 Å². The van der Waals surface area contributed by atoms with Gasteiger partial charge in [0.15, 0.2) is 6.10 Å². The van der Waals surface area contributed by atoms with E-state index in [2.05, 4.69) is 5.32 Å². The van der Waals surface area contributed by atoms with Gasteiger partial charge in [0, 0.05) is 12.7 Å². The van der Waals surface area contributed by atoms with E-state index >= 15 is 0 Å². The van der Waals surface area contributed by atoms with E-state index in [0.29, 0.717) is 5.69 Å². The monoisotopic (exact) mass is 319 g/mol. The zero-order valence-corrected chi connectivity index (χ0v) is 12.8. The molecular weight excluding hydrogens is 302 g/mol. The fourth-order valence-corrected chi connectivity index (χ4v) is 2.01. The molecule has 0 saturated carbocycles. The van der Waals surface area contributed by atoms with Crippen LogP contribution in [0.15, 0.2) is 30.3 Å². The Morgan fingerprint density at radius 1 is 1.26 bits per heavy atom. The summed E-state index contributed by atoms with van der Waals surface area (Å²) in [5.41, 5.74) is 0.576. The maximum Gasteiger partial charge on any atom is 0.327 e. The summed E-state index contributed by atoms with van der Waals surface area (Å²) in [4.78, 5) is 48.9. The number of ether oxygens (including phenoxy) is 1. The minimum Gasteiger partial charge on any atom is -0.451 e. The number of benzene rings is 1. The Labute approximate surface area is 133 Å². The maximum atomic E-state index is 11.9. The third-order valence-electron chi connectivity index (χ3n) is 3.24. The van der Waals surface area contributed by atoms with Crippen molar-refractivity contribution in [3.63, 3.8) is 0 Å². The van der Waals surface area contributed by atoms with Crippen LogP contribution in [0, 0.1) is 0 Å². The van der Waals surface area contributed by atoms with Crippen LogP contribution in [0.2, 0.25) is 0 Å². The van der Waals surface area contributed by atoms with Crippen molar-refractivity contribution in [2.75, 3.05) is 25.5 Å². The molecule has 1 N–H and O–H groups in total. The first-order valence-corrected chi connectivity index (χ1v) is 6.99. The first-order chi connectivity index (χ1) is 10.9. The molecular formula is C15H17N3O5. The molecule has 0 aliphatic carbocycles. The molecule has 0 bridgehead atoms. The van der Waals surface area contributed by atoms with Crippen LogP contribution in [0.4, 0.5) is 10.5 Å². The van der Waals surface area contributed by atoms with Crippen molar-refractivity contribution in [3.8, 4) is 0 Å². The molecule has 0 unspecified atom stereocenters. The van der Waals surface area contributed by atoms with Crippen LogP contribution < -0.4 is 5.32 Å². The number of nitrogens with one attached hydrogen (secondary N) is 1. The number of nitrogens with zero attached hydrogens (tertiary/aromatic N) is 2. The van der Waals surface area contributed by atoms with Gasteiger partial charge in [-0.15, -0.1) is 0 Å². The van der Waals surface area contributed by atoms with Crippen LogP contribution in [0.1, 0.15) is 6.92 Å². The lowest BCUT2D eigenvalue weighted by atomic mass is 10.3. The minimum atomic E-state index is -1.05. The molecule has 1 aliphatic rings. The average molecular weight is 319 g/mol. The van der Waals surface area contributed by atoms with Gasteiger partial charge >= 0.3 is 12.0 Å². The quantitative estimate of drug-likeness (QED) is 0.628. The predicted octanol–water partition coefficient (Wildman–Crippen LogP) is 0.451. The Kier molecular flexibility index (Phi) is 4.95. The molecule has 8 heteroatoms. The molecule has 4 amide bonds. The Morgan fingerprint density at radius 2 is 1.91 bits per heavy atom. The third kappa shape index (κ3) is 4.06. The lowest BCUT2D eigenvalue weighted by molar-refractivity contribution is -0.154. The Balaban J connectivity index is 1.86. The lowest BCUT2D eigenvalue weighted by Crippen LogP contribution is -2.39. The smallest absolute Gasteiger partial charge is 0.327 e. The van der Waals surface area contributed by atoms with Crippen molar-refractivity contribution in [1.29, 1.82) is 0 Å². The van der Waals surface area contributed by atoms with Crippen molar-refractivity contribution in [2.24, 2.45) is 0 Å². The van der Waals surface area contributed by atoms with Crippen LogP contribution in [-0.4, -0.2) is 59.9 Å². The van der Waals surface area contributed by atoms with E-state index in [0.717, 1.165) is 4.90 Å². The van der Waals surface area contributed by atoms with Gasteiger partial charge in [-0.1, -0.05) is 18.2 Å². The van der Waals surface area contributed by atoms with Crippen molar-refractivity contribution < 1.29 is 23.9 Å². The van der Waals surface area contributed by atoms with Gasteiger partial charge in [0.2, 0.25) is 0 Å². The largest absolute Gasteiger partial charge is 0.451 e. The Bertz CT molecular complexity index is 631. The number of urea groups is 1. The van der Waals surface area contributed by atoms with Gasteiger partial charge < -0.3 is 15.0 Å². The highest BCUT2D eigenvalue weighted by atomic mass is 16.5. The van der Waals surface area contributed by atoms with E-state index in [9.17, 15) is 19.2 Å². The van der Waals surface area contributed by atoms with E-state index in [1.165, 1.54) is 18.9 Å². The van der Waals surface area contributed by atoms with E-state index < -0.39 is 36.5 Å². The molecule has 1 atom stereocenters. The molecule has 0 radical (unpaired) electrons. The van der Waals surface area contributed by atoms with Crippen LogP contribution in [0.3, 0.4) is 0 Å².